The molecule has 152 valence electrons. The molecule has 0 radical (unpaired) electrons. The summed E-state index contributed by atoms with van der Waals surface area (Å²) in [5.74, 6) is 0.408. The molecule has 2 aliphatic rings. The van der Waals surface area contributed by atoms with E-state index in [1.54, 1.807) is 24.3 Å². The molecule has 0 unspecified atom stereocenters. The summed E-state index contributed by atoms with van der Waals surface area (Å²) in [5, 5.41) is 27.1. The van der Waals surface area contributed by atoms with Crippen molar-refractivity contribution in [1.29, 1.82) is 0 Å². The number of hydrogen-bond donors (Lipinski definition) is 2. The van der Waals surface area contributed by atoms with Gasteiger partial charge in [0.25, 0.3) is 0 Å². The molecule has 3 aromatic rings. The highest BCUT2D eigenvalue weighted by atomic mass is 32.1. The first kappa shape index (κ1) is 19.9. The lowest BCUT2D eigenvalue weighted by molar-refractivity contribution is 0.0224. The number of isothiocyanates is 1. The molecular formula is C21H12N4O5S. The Hall–Kier alpha value is -4.36. The van der Waals surface area contributed by atoms with Crippen molar-refractivity contribution in [2.24, 2.45) is 10.3 Å². The molecule has 0 aliphatic carbocycles. The van der Waals surface area contributed by atoms with Crippen molar-refractivity contribution in [3.63, 3.8) is 0 Å². The second-order valence-electron chi connectivity index (χ2n) is 6.45. The molecule has 2 aliphatic heterocycles. The van der Waals surface area contributed by atoms with E-state index in [0.29, 0.717) is 33.8 Å². The second kappa shape index (κ2) is 7.81. The van der Waals surface area contributed by atoms with E-state index in [1.165, 1.54) is 24.3 Å². The van der Waals surface area contributed by atoms with Gasteiger partial charge in [-0.25, -0.2) is 4.79 Å². The van der Waals surface area contributed by atoms with E-state index in [0.717, 1.165) is 0 Å². The van der Waals surface area contributed by atoms with Crippen LogP contribution in [-0.2, 0) is 10.3 Å². The average Bonchev–Trinajstić information content (AvgIpc) is 3.05. The van der Waals surface area contributed by atoms with Gasteiger partial charge < -0.3 is 19.7 Å². The number of ether oxygens (including phenoxy) is 2. The third-order valence-electron chi connectivity index (χ3n) is 4.81. The number of hydrogen-bond acceptors (Lipinski definition) is 7. The van der Waals surface area contributed by atoms with Gasteiger partial charge in [0, 0.05) is 51.4 Å². The summed E-state index contributed by atoms with van der Waals surface area (Å²) >= 11 is 4.04. The Morgan fingerprint density at radius 2 is 1.58 bits per heavy atom. The van der Waals surface area contributed by atoms with Crippen molar-refractivity contribution < 1.29 is 24.5 Å². The Morgan fingerprint density at radius 1 is 0.968 bits per heavy atom. The lowest BCUT2D eigenvalue weighted by Crippen LogP contribution is -2.32. The lowest BCUT2D eigenvalue weighted by Gasteiger charge is -2.36. The molecule has 10 heteroatoms. The Labute approximate surface area is 180 Å². The SMILES string of the molecule is O=C1OC2(c3ccc(O)cc3Oc3cc(O)ccc32)c2ccccc21.[N-]=[N+]=NN=C=S. The average molecular weight is 432 g/mol. The van der Waals surface area contributed by atoms with Gasteiger partial charge in [0.15, 0.2) is 5.60 Å². The van der Waals surface area contributed by atoms with Crippen LogP contribution in [0.5, 0.6) is 23.0 Å². The largest absolute Gasteiger partial charge is 0.508 e. The minimum Gasteiger partial charge on any atom is -0.508 e. The monoisotopic (exact) mass is 432 g/mol. The molecule has 2 heterocycles. The number of phenolic OH excluding ortho intramolecular Hbond substituents is 2. The van der Waals surface area contributed by atoms with Gasteiger partial charge in [-0.15, -0.1) is 5.53 Å². The van der Waals surface area contributed by atoms with Gasteiger partial charge >= 0.3 is 5.97 Å². The predicted molar refractivity (Wildman–Crippen MR) is 112 cm³/mol. The zero-order valence-electron chi connectivity index (χ0n) is 15.6. The maximum Gasteiger partial charge on any atom is 0.340 e. The van der Waals surface area contributed by atoms with Crippen LogP contribution in [0, 0.1) is 0 Å². The molecule has 0 bridgehead atoms. The minimum absolute atomic E-state index is 0.0371. The van der Waals surface area contributed by atoms with Crippen molar-refractivity contribution in [2.75, 3.05) is 0 Å². The molecule has 9 nitrogen and oxygen atoms in total. The number of fused-ring (bicyclic) bond motifs is 6. The number of esters is 1. The molecule has 3 aromatic carbocycles. The number of phenols is 2. The molecule has 0 fully saturated rings. The maximum atomic E-state index is 12.5. The van der Waals surface area contributed by atoms with E-state index >= 15 is 0 Å². The fourth-order valence-electron chi connectivity index (χ4n) is 3.69. The van der Waals surface area contributed by atoms with Gasteiger partial charge in [0.2, 0.25) is 5.16 Å². The molecule has 0 saturated carbocycles. The highest BCUT2D eigenvalue weighted by molar-refractivity contribution is 7.78. The summed E-state index contributed by atoms with van der Waals surface area (Å²) < 4.78 is 11.8. The predicted octanol–water partition coefficient (Wildman–Crippen LogP) is 4.98. The molecule has 0 aromatic heterocycles. The molecule has 0 atom stereocenters. The Balaban J connectivity index is 0.000000342. The van der Waals surface area contributed by atoms with Crippen LogP contribution >= 0.6 is 12.2 Å². The van der Waals surface area contributed by atoms with Gasteiger partial charge in [-0.1, -0.05) is 18.2 Å². The van der Waals surface area contributed by atoms with E-state index in [9.17, 15) is 15.0 Å². The van der Waals surface area contributed by atoms with Crippen molar-refractivity contribution in [3.05, 3.63) is 93.4 Å². The molecular weight excluding hydrogens is 420 g/mol. The molecule has 31 heavy (non-hydrogen) atoms. The Morgan fingerprint density at radius 3 is 2.13 bits per heavy atom. The third-order valence-corrected chi connectivity index (χ3v) is 4.89. The maximum absolute atomic E-state index is 12.5. The zero-order valence-corrected chi connectivity index (χ0v) is 16.4. The quantitative estimate of drug-likeness (QED) is 0.106. The normalized spacial score (nSPS) is 13.6. The van der Waals surface area contributed by atoms with Gasteiger partial charge in [-0.3, -0.25) is 0 Å². The lowest BCUT2D eigenvalue weighted by atomic mass is 9.77. The highest BCUT2D eigenvalue weighted by Gasteiger charge is 2.53. The molecule has 0 amide bonds. The Bertz CT molecular complexity index is 1250. The van der Waals surface area contributed by atoms with E-state index in [1.807, 2.05) is 17.3 Å². The first-order valence-electron chi connectivity index (χ1n) is 8.80. The van der Waals surface area contributed by atoms with Crippen LogP contribution in [0.2, 0.25) is 0 Å². The fourth-order valence-corrected chi connectivity index (χ4v) is 3.73. The standard InChI is InChI=1S/C20H12O5.CN4S/c21-11-5-7-15-17(9-11)24-18-10-12(22)6-8-16(18)20(15)14-4-2-1-3-13(14)19(23)25-20;2-4-5-3-1-6/h1-10,21-22H;. The first-order valence-corrected chi connectivity index (χ1v) is 9.21. The van der Waals surface area contributed by atoms with Crippen LogP contribution in [0.1, 0.15) is 27.0 Å². The zero-order chi connectivity index (χ0) is 22.0. The summed E-state index contributed by atoms with van der Waals surface area (Å²) in [5.41, 5.74) is 8.76. The number of aromatic hydroxyl groups is 2. The number of benzene rings is 3. The van der Waals surface area contributed by atoms with Crippen molar-refractivity contribution in [1.82, 2.24) is 0 Å². The van der Waals surface area contributed by atoms with Gasteiger partial charge in [0.1, 0.15) is 23.0 Å². The van der Waals surface area contributed by atoms with Gasteiger partial charge in [-0.2, -0.15) is 4.91 Å². The van der Waals surface area contributed by atoms with Crippen LogP contribution in [0.15, 0.2) is 71.0 Å². The highest BCUT2D eigenvalue weighted by Crippen LogP contribution is 2.56. The third kappa shape index (κ3) is 3.23. The summed E-state index contributed by atoms with van der Waals surface area (Å²) in [7, 11) is 0. The van der Waals surface area contributed by atoms with Crippen molar-refractivity contribution in [2.45, 2.75) is 5.60 Å². The minimum atomic E-state index is -1.17. The number of carbonyl (C=O) groups excluding carboxylic acids is 1. The Kier molecular flexibility index (Phi) is 5.02. The number of nitrogens with zero attached hydrogens (tertiary/aromatic N) is 4. The van der Waals surface area contributed by atoms with Crippen LogP contribution in [0.4, 0.5) is 0 Å². The fraction of sp³-hybridized carbons (Fsp3) is 0.0476. The van der Waals surface area contributed by atoms with Crippen LogP contribution in [0.25, 0.3) is 10.4 Å². The first-order chi connectivity index (χ1) is 15.0. The second-order valence-corrected chi connectivity index (χ2v) is 6.63. The summed E-state index contributed by atoms with van der Waals surface area (Å²) in [6.45, 7) is 0. The number of azide groups is 1. The molecule has 5 rings (SSSR count). The van der Waals surface area contributed by atoms with E-state index in [4.69, 9.17) is 15.0 Å². The smallest absolute Gasteiger partial charge is 0.340 e. The van der Waals surface area contributed by atoms with Crippen LogP contribution < -0.4 is 4.74 Å². The summed E-state index contributed by atoms with van der Waals surface area (Å²) in [6, 6.07) is 16.6. The van der Waals surface area contributed by atoms with Crippen LogP contribution in [0.3, 0.4) is 0 Å². The van der Waals surface area contributed by atoms with E-state index < -0.39 is 11.6 Å². The summed E-state index contributed by atoms with van der Waals surface area (Å²) in [4.78, 5) is 14.8. The molecule has 1 spiro atoms. The topological polar surface area (TPSA) is 137 Å². The number of carbonyl (C=O) groups is 1. The van der Waals surface area contributed by atoms with Crippen LogP contribution in [-0.4, -0.2) is 21.3 Å². The van der Waals surface area contributed by atoms with Crippen molar-refractivity contribution in [3.8, 4) is 23.0 Å². The van der Waals surface area contributed by atoms with Gasteiger partial charge in [-0.05, 0) is 30.3 Å². The van der Waals surface area contributed by atoms with E-state index in [-0.39, 0.29) is 11.5 Å². The molecule has 0 saturated heterocycles. The number of thiocarbonyl (C=S) groups is 1. The van der Waals surface area contributed by atoms with E-state index in [2.05, 4.69) is 27.5 Å². The molecule has 2 N–H and O–H groups in total. The van der Waals surface area contributed by atoms with Crippen molar-refractivity contribution >= 4 is 23.3 Å². The van der Waals surface area contributed by atoms with Gasteiger partial charge in [0.05, 0.1) is 5.56 Å². The number of rotatable bonds is 1. The summed E-state index contributed by atoms with van der Waals surface area (Å²) in [6.07, 6.45) is 0.